The molecule has 1 aromatic heterocycles. The second kappa shape index (κ2) is 6.05. The maximum absolute atomic E-state index is 5.25. The van der Waals surface area contributed by atoms with E-state index in [1.807, 2.05) is 25.2 Å². The fourth-order valence-corrected chi connectivity index (χ4v) is 2.15. The van der Waals surface area contributed by atoms with E-state index in [0.29, 0.717) is 17.3 Å². The summed E-state index contributed by atoms with van der Waals surface area (Å²) in [6, 6.07) is 5.57. The van der Waals surface area contributed by atoms with Crippen LogP contribution in [-0.4, -0.2) is 31.2 Å². The molecule has 1 N–H and O–H groups in total. The average Bonchev–Trinajstić information content (AvgIpc) is 2.47. The Morgan fingerprint density at radius 2 is 1.74 bits per heavy atom. The van der Waals surface area contributed by atoms with Gasteiger partial charge in [0, 0.05) is 24.9 Å². The van der Waals surface area contributed by atoms with E-state index in [2.05, 4.69) is 37.9 Å². The number of methoxy groups -OCH3 is 2. The van der Waals surface area contributed by atoms with Crippen LogP contribution in [0, 0.1) is 3.57 Å². The highest BCUT2D eigenvalue weighted by Crippen LogP contribution is 2.28. The first-order valence-electron chi connectivity index (χ1n) is 5.61. The molecule has 0 saturated carbocycles. The van der Waals surface area contributed by atoms with E-state index in [1.165, 1.54) is 0 Å². The Morgan fingerprint density at radius 1 is 1.11 bits per heavy atom. The maximum Gasteiger partial charge on any atom is 0.161 e. The lowest BCUT2D eigenvalue weighted by Crippen LogP contribution is -1.99. The van der Waals surface area contributed by atoms with Gasteiger partial charge in [-0.15, -0.1) is 0 Å². The van der Waals surface area contributed by atoms with E-state index in [4.69, 9.17) is 9.47 Å². The molecule has 0 unspecified atom stereocenters. The lowest BCUT2D eigenvalue weighted by molar-refractivity contribution is 0.394. The third-order valence-corrected chi connectivity index (χ3v) is 3.38. The number of halogens is 1. The van der Waals surface area contributed by atoms with Crippen LogP contribution >= 0.6 is 22.6 Å². The lowest BCUT2D eigenvalue weighted by atomic mass is 10.2. The first kappa shape index (κ1) is 13.9. The van der Waals surface area contributed by atoms with Gasteiger partial charge in [-0.3, -0.25) is 0 Å². The number of hydrogen-bond acceptors (Lipinski definition) is 5. The summed E-state index contributed by atoms with van der Waals surface area (Å²) in [5, 5.41) is 3.04. The first-order valence-corrected chi connectivity index (χ1v) is 6.69. The summed E-state index contributed by atoms with van der Waals surface area (Å²) >= 11 is 2.19. The van der Waals surface area contributed by atoms with Gasteiger partial charge < -0.3 is 14.8 Å². The quantitative estimate of drug-likeness (QED) is 0.838. The molecule has 2 aromatic rings. The maximum atomic E-state index is 5.25. The Kier molecular flexibility index (Phi) is 4.41. The summed E-state index contributed by atoms with van der Waals surface area (Å²) < 4.78 is 11.5. The van der Waals surface area contributed by atoms with Crippen molar-refractivity contribution in [2.45, 2.75) is 0 Å². The fraction of sp³-hybridized carbons (Fsp3) is 0.231. The minimum atomic E-state index is 0.627. The van der Waals surface area contributed by atoms with E-state index >= 15 is 0 Å². The third-order valence-electron chi connectivity index (χ3n) is 2.59. The van der Waals surface area contributed by atoms with Gasteiger partial charge in [0.1, 0.15) is 17.3 Å². The van der Waals surface area contributed by atoms with Crippen molar-refractivity contribution in [1.82, 2.24) is 9.97 Å². The van der Waals surface area contributed by atoms with Crippen LogP contribution in [0.4, 0.5) is 5.82 Å². The van der Waals surface area contributed by atoms with Gasteiger partial charge in [0.05, 0.1) is 17.8 Å². The Morgan fingerprint density at radius 3 is 2.26 bits per heavy atom. The molecule has 6 heteroatoms. The van der Waals surface area contributed by atoms with Crippen molar-refractivity contribution in [2.24, 2.45) is 0 Å². The van der Waals surface area contributed by atoms with Gasteiger partial charge in [-0.1, -0.05) is 0 Å². The van der Waals surface area contributed by atoms with Gasteiger partial charge in [-0.05, 0) is 34.7 Å². The predicted octanol–water partition coefficient (Wildman–Crippen LogP) is 2.81. The summed E-state index contributed by atoms with van der Waals surface area (Å²) in [6.45, 7) is 0. The molecule has 0 bridgehead atoms. The van der Waals surface area contributed by atoms with Crippen molar-refractivity contribution in [3.63, 3.8) is 0 Å². The molecule has 0 amide bonds. The topological polar surface area (TPSA) is 56.3 Å². The summed E-state index contributed by atoms with van der Waals surface area (Å²) in [5.74, 6) is 2.85. The molecule has 0 fully saturated rings. The molecule has 5 nitrogen and oxygen atoms in total. The van der Waals surface area contributed by atoms with Crippen molar-refractivity contribution < 1.29 is 9.47 Å². The van der Waals surface area contributed by atoms with Crippen LogP contribution in [0.25, 0.3) is 11.4 Å². The van der Waals surface area contributed by atoms with Gasteiger partial charge in [0.2, 0.25) is 0 Å². The zero-order valence-corrected chi connectivity index (χ0v) is 13.1. The Labute approximate surface area is 125 Å². The molecular weight excluding hydrogens is 357 g/mol. The number of hydrogen-bond donors (Lipinski definition) is 1. The first-order chi connectivity index (χ1) is 9.17. The standard InChI is InChI=1S/C13H14IN3O2/c1-15-13-11(14)7-16-12(17-13)8-4-9(18-2)6-10(5-8)19-3/h4-7H,1-3H3,(H,15,16,17). The minimum Gasteiger partial charge on any atom is -0.497 e. The molecule has 0 radical (unpaired) electrons. The van der Waals surface area contributed by atoms with E-state index in [-0.39, 0.29) is 0 Å². The summed E-state index contributed by atoms with van der Waals surface area (Å²) in [6.07, 6.45) is 1.78. The smallest absolute Gasteiger partial charge is 0.161 e. The molecule has 0 aliphatic carbocycles. The van der Waals surface area contributed by atoms with Crippen molar-refractivity contribution in [3.8, 4) is 22.9 Å². The number of nitrogens with one attached hydrogen (secondary N) is 1. The molecule has 0 spiro atoms. The zero-order chi connectivity index (χ0) is 13.8. The molecule has 1 aromatic carbocycles. The van der Waals surface area contributed by atoms with Gasteiger partial charge in [0.25, 0.3) is 0 Å². The van der Waals surface area contributed by atoms with E-state index < -0.39 is 0 Å². The number of ether oxygens (including phenoxy) is 2. The van der Waals surface area contributed by atoms with Gasteiger partial charge in [0.15, 0.2) is 5.82 Å². The SMILES string of the molecule is CNc1nc(-c2cc(OC)cc(OC)c2)ncc1I. The van der Waals surface area contributed by atoms with Gasteiger partial charge in [-0.2, -0.15) is 0 Å². The third kappa shape index (κ3) is 3.06. The molecule has 0 saturated heterocycles. The Bertz CT molecular complexity index is 568. The van der Waals surface area contributed by atoms with Crippen LogP contribution in [0.3, 0.4) is 0 Å². The fourth-order valence-electron chi connectivity index (χ4n) is 1.62. The predicted molar refractivity (Wildman–Crippen MR) is 82.8 cm³/mol. The highest BCUT2D eigenvalue weighted by Gasteiger charge is 2.09. The number of nitrogens with zero attached hydrogens (tertiary/aromatic N) is 2. The number of benzene rings is 1. The molecule has 0 aliphatic rings. The molecule has 0 aliphatic heterocycles. The van der Waals surface area contributed by atoms with Gasteiger partial charge in [-0.25, -0.2) is 9.97 Å². The number of anilines is 1. The molecule has 19 heavy (non-hydrogen) atoms. The molecule has 1 heterocycles. The van der Waals surface area contributed by atoms with E-state index in [9.17, 15) is 0 Å². The largest absolute Gasteiger partial charge is 0.497 e. The Hall–Kier alpha value is -1.57. The summed E-state index contributed by atoms with van der Waals surface area (Å²) in [4.78, 5) is 8.81. The van der Waals surface area contributed by atoms with E-state index in [1.54, 1.807) is 20.4 Å². The van der Waals surface area contributed by atoms with Crippen molar-refractivity contribution in [3.05, 3.63) is 28.0 Å². The summed E-state index contributed by atoms with van der Waals surface area (Å²) in [5.41, 5.74) is 0.851. The van der Waals surface area contributed by atoms with Gasteiger partial charge >= 0.3 is 0 Å². The number of aromatic nitrogens is 2. The highest BCUT2D eigenvalue weighted by atomic mass is 127. The number of rotatable bonds is 4. The second-order valence-electron chi connectivity index (χ2n) is 3.74. The average molecular weight is 371 g/mol. The van der Waals surface area contributed by atoms with Crippen molar-refractivity contribution in [1.29, 1.82) is 0 Å². The normalized spacial score (nSPS) is 10.1. The molecule has 100 valence electrons. The van der Waals surface area contributed by atoms with Crippen LogP contribution in [0.2, 0.25) is 0 Å². The molecule has 2 rings (SSSR count). The molecule has 0 atom stereocenters. The molecular formula is C13H14IN3O2. The van der Waals surface area contributed by atoms with Crippen LogP contribution in [0.5, 0.6) is 11.5 Å². The van der Waals surface area contributed by atoms with Crippen LogP contribution in [0.1, 0.15) is 0 Å². The van der Waals surface area contributed by atoms with Crippen LogP contribution in [0.15, 0.2) is 24.4 Å². The zero-order valence-electron chi connectivity index (χ0n) is 10.9. The van der Waals surface area contributed by atoms with E-state index in [0.717, 1.165) is 15.0 Å². The lowest BCUT2D eigenvalue weighted by Gasteiger charge is -2.09. The minimum absolute atomic E-state index is 0.627. The van der Waals surface area contributed by atoms with Crippen molar-refractivity contribution >= 4 is 28.4 Å². The monoisotopic (exact) mass is 371 g/mol. The highest BCUT2D eigenvalue weighted by molar-refractivity contribution is 14.1. The summed E-state index contributed by atoms with van der Waals surface area (Å²) in [7, 11) is 5.07. The second-order valence-corrected chi connectivity index (χ2v) is 4.90. The van der Waals surface area contributed by atoms with Crippen LogP contribution in [-0.2, 0) is 0 Å². The van der Waals surface area contributed by atoms with Crippen LogP contribution < -0.4 is 14.8 Å². The Balaban J connectivity index is 2.51. The van der Waals surface area contributed by atoms with Crippen molar-refractivity contribution in [2.75, 3.05) is 26.6 Å².